The second-order valence-corrected chi connectivity index (χ2v) is 6.77. The van der Waals surface area contributed by atoms with Gasteiger partial charge in [-0.15, -0.1) is 24.8 Å². The van der Waals surface area contributed by atoms with E-state index in [0.29, 0.717) is 50.4 Å². The van der Waals surface area contributed by atoms with Crippen molar-refractivity contribution in [3.05, 3.63) is 65.2 Å². The molecule has 9 heteroatoms. The minimum Gasteiger partial charge on any atom is -0.399 e. The summed E-state index contributed by atoms with van der Waals surface area (Å²) >= 11 is 0. The molecule has 0 spiro atoms. The molecule has 0 bridgehead atoms. The van der Waals surface area contributed by atoms with E-state index in [2.05, 4.69) is 4.90 Å². The molecule has 3 rings (SSSR count). The largest absolute Gasteiger partial charge is 0.416 e. The molecule has 1 fully saturated rings. The summed E-state index contributed by atoms with van der Waals surface area (Å²) < 4.78 is 38.5. The maximum atomic E-state index is 12.8. The van der Waals surface area contributed by atoms with Gasteiger partial charge in [-0.2, -0.15) is 13.2 Å². The molecule has 0 unspecified atom stereocenters. The van der Waals surface area contributed by atoms with Crippen molar-refractivity contribution in [1.82, 2.24) is 9.80 Å². The fraction of sp³-hybridized carbons (Fsp3) is 0.350. The molecule has 0 saturated carbocycles. The predicted molar refractivity (Wildman–Crippen MR) is 112 cm³/mol. The van der Waals surface area contributed by atoms with Gasteiger partial charge in [-0.1, -0.05) is 30.3 Å². The lowest BCUT2D eigenvalue weighted by Gasteiger charge is -2.35. The minimum atomic E-state index is -4.33. The Hall–Kier alpha value is -1.96. The Morgan fingerprint density at radius 3 is 2.14 bits per heavy atom. The van der Waals surface area contributed by atoms with Gasteiger partial charge in [-0.05, 0) is 29.3 Å². The molecule has 1 aliphatic heterocycles. The molecule has 0 aliphatic carbocycles. The molecular weight excluding hydrogens is 426 g/mol. The third-order valence-electron chi connectivity index (χ3n) is 4.72. The number of carbonyl (C=O) groups is 1. The molecular formula is C20H24Cl2F3N3O. The molecule has 2 aromatic carbocycles. The van der Waals surface area contributed by atoms with Gasteiger partial charge in [-0.3, -0.25) is 9.69 Å². The van der Waals surface area contributed by atoms with E-state index in [9.17, 15) is 18.0 Å². The number of hydrogen-bond acceptors (Lipinski definition) is 3. The number of nitrogens with two attached hydrogens (primary N) is 1. The second-order valence-electron chi connectivity index (χ2n) is 6.77. The lowest BCUT2D eigenvalue weighted by atomic mass is 10.1. The zero-order chi connectivity index (χ0) is 19.4. The summed E-state index contributed by atoms with van der Waals surface area (Å²) in [5.74, 6) is 0.0542. The van der Waals surface area contributed by atoms with E-state index in [1.54, 1.807) is 23.1 Å². The Kier molecular flexibility index (Phi) is 9.26. The van der Waals surface area contributed by atoms with Crippen molar-refractivity contribution in [2.75, 3.05) is 31.9 Å². The number of carbonyl (C=O) groups excluding carboxylic acids is 1. The number of rotatable bonds is 4. The number of benzene rings is 2. The van der Waals surface area contributed by atoms with Crippen LogP contribution in [0.5, 0.6) is 0 Å². The van der Waals surface area contributed by atoms with Gasteiger partial charge in [0, 0.05) is 38.4 Å². The number of amides is 1. The molecule has 2 N–H and O–H groups in total. The average molecular weight is 450 g/mol. The van der Waals surface area contributed by atoms with E-state index in [-0.39, 0.29) is 30.7 Å². The SMILES string of the molecule is Cl.Cl.Nc1ccc(CC(=O)N2CCN(Cc3cccc(C(F)(F)F)c3)CC2)cc1. The molecule has 1 amide bonds. The Balaban J connectivity index is 0.00000210. The zero-order valence-corrected chi connectivity index (χ0v) is 17.3. The van der Waals surface area contributed by atoms with Gasteiger partial charge >= 0.3 is 6.18 Å². The lowest BCUT2D eigenvalue weighted by molar-refractivity contribution is -0.137. The normalized spacial score (nSPS) is 14.7. The van der Waals surface area contributed by atoms with Crippen LogP contribution in [0.3, 0.4) is 0 Å². The Bertz CT molecular complexity index is 792. The van der Waals surface area contributed by atoms with Crippen molar-refractivity contribution < 1.29 is 18.0 Å². The first-order valence-electron chi connectivity index (χ1n) is 8.82. The third-order valence-corrected chi connectivity index (χ3v) is 4.72. The van der Waals surface area contributed by atoms with Crippen LogP contribution in [0.15, 0.2) is 48.5 Å². The molecule has 160 valence electrons. The summed E-state index contributed by atoms with van der Waals surface area (Å²) in [6, 6.07) is 12.6. The molecule has 0 aromatic heterocycles. The van der Waals surface area contributed by atoms with E-state index in [1.165, 1.54) is 12.1 Å². The van der Waals surface area contributed by atoms with Crippen LogP contribution in [0.1, 0.15) is 16.7 Å². The molecule has 2 aromatic rings. The van der Waals surface area contributed by atoms with Gasteiger partial charge in [-0.25, -0.2) is 0 Å². The van der Waals surface area contributed by atoms with Crippen molar-refractivity contribution in [2.45, 2.75) is 19.1 Å². The average Bonchev–Trinajstić information content (AvgIpc) is 2.64. The van der Waals surface area contributed by atoms with Crippen molar-refractivity contribution >= 4 is 36.4 Å². The van der Waals surface area contributed by atoms with Crippen LogP contribution in [0.4, 0.5) is 18.9 Å². The summed E-state index contributed by atoms with van der Waals surface area (Å²) in [5.41, 5.74) is 7.23. The summed E-state index contributed by atoms with van der Waals surface area (Å²) in [6.45, 7) is 2.89. The number of nitrogen functional groups attached to an aromatic ring is 1. The first kappa shape index (κ1) is 25.1. The van der Waals surface area contributed by atoms with Crippen LogP contribution in [0.2, 0.25) is 0 Å². The topological polar surface area (TPSA) is 49.6 Å². The van der Waals surface area contributed by atoms with E-state index >= 15 is 0 Å². The second kappa shape index (κ2) is 10.7. The number of hydrogen-bond donors (Lipinski definition) is 1. The highest BCUT2D eigenvalue weighted by Gasteiger charge is 2.30. The number of halogens is 5. The highest BCUT2D eigenvalue weighted by molar-refractivity contribution is 5.85. The van der Waals surface area contributed by atoms with Crippen LogP contribution < -0.4 is 5.73 Å². The van der Waals surface area contributed by atoms with Gasteiger partial charge in [0.2, 0.25) is 5.91 Å². The van der Waals surface area contributed by atoms with Crippen LogP contribution >= 0.6 is 24.8 Å². The fourth-order valence-electron chi connectivity index (χ4n) is 3.18. The van der Waals surface area contributed by atoms with Gasteiger partial charge in [0.1, 0.15) is 0 Å². The summed E-state index contributed by atoms with van der Waals surface area (Å²) in [6.07, 6.45) is -4.00. The first-order valence-corrected chi connectivity index (χ1v) is 8.82. The number of nitrogens with zero attached hydrogens (tertiary/aromatic N) is 2. The van der Waals surface area contributed by atoms with Gasteiger partial charge in [0.05, 0.1) is 12.0 Å². The monoisotopic (exact) mass is 449 g/mol. The van der Waals surface area contributed by atoms with E-state index in [1.807, 2.05) is 12.1 Å². The van der Waals surface area contributed by atoms with Crippen LogP contribution in [-0.2, 0) is 23.9 Å². The first-order chi connectivity index (χ1) is 12.8. The molecule has 1 heterocycles. The minimum absolute atomic E-state index is 0. The van der Waals surface area contributed by atoms with Crippen molar-refractivity contribution in [2.24, 2.45) is 0 Å². The quantitative estimate of drug-likeness (QED) is 0.717. The number of anilines is 1. The van der Waals surface area contributed by atoms with E-state index in [0.717, 1.165) is 11.6 Å². The molecule has 1 aliphatic rings. The highest BCUT2D eigenvalue weighted by Crippen LogP contribution is 2.29. The summed E-state index contributed by atoms with van der Waals surface area (Å²) in [5, 5.41) is 0. The van der Waals surface area contributed by atoms with Crippen LogP contribution in [0, 0.1) is 0 Å². The smallest absolute Gasteiger partial charge is 0.399 e. The van der Waals surface area contributed by atoms with Gasteiger partial charge in [0.25, 0.3) is 0 Å². The summed E-state index contributed by atoms with van der Waals surface area (Å²) in [4.78, 5) is 16.3. The zero-order valence-electron chi connectivity index (χ0n) is 15.7. The predicted octanol–water partition coefficient (Wildman–Crippen LogP) is 4.02. The van der Waals surface area contributed by atoms with Crippen LogP contribution in [0.25, 0.3) is 0 Å². The Labute approximate surface area is 180 Å². The van der Waals surface area contributed by atoms with Crippen molar-refractivity contribution in [3.8, 4) is 0 Å². The molecule has 0 atom stereocenters. The number of piperazine rings is 1. The van der Waals surface area contributed by atoms with E-state index < -0.39 is 11.7 Å². The molecule has 4 nitrogen and oxygen atoms in total. The van der Waals surface area contributed by atoms with Gasteiger partial charge < -0.3 is 10.6 Å². The fourth-order valence-corrected chi connectivity index (χ4v) is 3.18. The van der Waals surface area contributed by atoms with E-state index in [4.69, 9.17) is 5.73 Å². The Morgan fingerprint density at radius 2 is 1.55 bits per heavy atom. The maximum absolute atomic E-state index is 12.8. The van der Waals surface area contributed by atoms with Crippen LogP contribution in [-0.4, -0.2) is 41.9 Å². The standard InChI is InChI=1S/C20H22F3N3O.2ClH/c21-20(22,23)17-3-1-2-16(12-17)14-25-8-10-26(11-9-25)19(27)13-15-4-6-18(24)7-5-15;;/h1-7,12H,8-11,13-14,24H2;2*1H. The van der Waals surface area contributed by atoms with Crippen molar-refractivity contribution in [1.29, 1.82) is 0 Å². The van der Waals surface area contributed by atoms with Crippen molar-refractivity contribution in [3.63, 3.8) is 0 Å². The lowest BCUT2D eigenvalue weighted by Crippen LogP contribution is -2.48. The molecule has 0 radical (unpaired) electrons. The highest BCUT2D eigenvalue weighted by atomic mass is 35.5. The van der Waals surface area contributed by atoms with Gasteiger partial charge in [0.15, 0.2) is 0 Å². The maximum Gasteiger partial charge on any atom is 0.416 e. The Morgan fingerprint density at radius 1 is 0.931 bits per heavy atom. The molecule has 29 heavy (non-hydrogen) atoms. The number of alkyl halides is 3. The summed E-state index contributed by atoms with van der Waals surface area (Å²) in [7, 11) is 0. The third kappa shape index (κ3) is 7.10. The molecule has 1 saturated heterocycles.